The van der Waals surface area contributed by atoms with Gasteiger partial charge in [0.2, 0.25) is 0 Å². The second-order valence-electron chi connectivity index (χ2n) is 4.19. The van der Waals surface area contributed by atoms with Gasteiger partial charge in [0.05, 0.1) is 19.8 Å². The Bertz CT molecular complexity index is 169. The van der Waals surface area contributed by atoms with Gasteiger partial charge in [0.15, 0.2) is 0 Å². The van der Waals surface area contributed by atoms with E-state index in [1.54, 1.807) is 7.11 Å². The number of halogens is 1. The first-order valence-corrected chi connectivity index (χ1v) is 6.10. The summed E-state index contributed by atoms with van der Waals surface area (Å²) in [7, 11) is 1.69. The average Bonchev–Trinajstić information content (AvgIpc) is 2.23. The van der Waals surface area contributed by atoms with Crippen LogP contribution in [0, 0.1) is 5.92 Å². The Balaban J connectivity index is 2.02. The monoisotopic (exact) mass is 235 g/mol. The molecule has 0 aromatic heterocycles. The van der Waals surface area contributed by atoms with Crippen LogP contribution in [0.1, 0.15) is 13.3 Å². The molecule has 4 heteroatoms. The molecule has 15 heavy (non-hydrogen) atoms. The lowest BCUT2D eigenvalue weighted by molar-refractivity contribution is 0.0507. The van der Waals surface area contributed by atoms with Gasteiger partial charge in [-0.1, -0.05) is 6.92 Å². The minimum Gasteiger partial charge on any atom is -0.382 e. The number of likely N-dealkylation sites (tertiary alicyclic amines) is 1. The standard InChI is InChI=1S/C11H22ClNO2/c1-10-9-13(4-3-11(10)12)5-6-15-8-7-14-2/h10-11H,3-9H2,1-2H3. The molecule has 0 amide bonds. The first kappa shape index (κ1) is 13.2. The first-order valence-electron chi connectivity index (χ1n) is 5.67. The van der Waals surface area contributed by atoms with Gasteiger partial charge in [-0.25, -0.2) is 0 Å². The zero-order valence-electron chi connectivity index (χ0n) is 9.75. The highest BCUT2D eigenvalue weighted by Crippen LogP contribution is 2.21. The van der Waals surface area contributed by atoms with E-state index in [0.717, 1.165) is 32.7 Å². The minimum atomic E-state index is 0.357. The number of hydrogen-bond donors (Lipinski definition) is 0. The van der Waals surface area contributed by atoms with Crippen molar-refractivity contribution < 1.29 is 9.47 Å². The molecular weight excluding hydrogens is 214 g/mol. The van der Waals surface area contributed by atoms with E-state index in [2.05, 4.69) is 11.8 Å². The van der Waals surface area contributed by atoms with Crippen LogP contribution in [-0.2, 0) is 9.47 Å². The normalized spacial score (nSPS) is 28.2. The quantitative estimate of drug-likeness (QED) is 0.516. The van der Waals surface area contributed by atoms with Gasteiger partial charge in [-0.05, 0) is 18.9 Å². The zero-order valence-corrected chi connectivity index (χ0v) is 10.5. The summed E-state index contributed by atoms with van der Waals surface area (Å²) in [6, 6.07) is 0. The molecule has 1 aliphatic rings. The molecule has 2 unspecified atom stereocenters. The Morgan fingerprint density at radius 2 is 2.13 bits per heavy atom. The van der Waals surface area contributed by atoms with Gasteiger partial charge < -0.3 is 14.4 Å². The second kappa shape index (κ2) is 7.44. The van der Waals surface area contributed by atoms with E-state index in [1.807, 2.05) is 0 Å². The summed E-state index contributed by atoms with van der Waals surface area (Å²) >= 11 is 6.16. The molecule has 1 fully saturated rings. The van der Waals surface area contributed by atoms with Crippen molar-refractivity contribution in [3.63, 3.8) is 0 Å². The molecule has 1 rings (SSSR count). The third kappa shape index (κ3) is 5.16. The van der Waals surface area contributed by atoms with Crippen LogP contribution >= 0.6 is 11.6 Å². The summed E-state index contributed by atoms with van der Waals surface area (Å²) < 4.78 is 10.3. The van der Waals surface area contributed by atoms with E-state index in [0.29, 0.717) is 24.5 Å². The number of hydrogen-bond acceptors (Lipinski definition) is 3. The molecule has 90 valence electrons. The molecular formula is C11H22ClNO2. The summed E-state index contributed by atoms with van der Waals surface area (Å²) in [5.74, 6) is 0.597. The number of piperidine rings is 1. The van der Waals surface area contributed by atoms with Gasteiger partial charge >= 0.3 is 0 Å². The van der Waals surface area contributed by atoms with Crippen LogP contribution in [0.15, 0.2) is 0 Å². The molecule has 0 aromatic carbocycles. The SMILES string of the molecule is COCCOCCN1CCC(Cl)C(C)C1. The first-order chi connectivity index (χ1) is 7.24. The Hall–Kier alpha value is 0.170. The van der Waals surface area contributed by atoms with Crippen molar-refractivity contribution in [3.05, 3.63) is 0 Å². The lowest BCUT2D eigenvalue weighted by Gasteiger charge is -2.33. The van der Waals surface area contributed by atoms with Crippen molar-refractivity contribution in [1.29, 1.82) is 0 Å². The van der Waals surface area contributed by atoms with Crippen LogP contribution in [-0.4, -0.2) is 56.8 Å². The van der Waals surface area contributed by atoms with Gasteiger partial charge in [0.25, 0.3) is 0 Å². The van der Waals surface area contributed by atoms with E-state index in [-0.39, 0.29) is 0 Å². The molecule has 0 saturated carbocycles. The number of alkyl halides is 1. The van der Waals surface area contributed by atoms with Crippen molar-refractivity contribution in [2.24, 2.45) is 5.92 Å². The number of methoxy groups -OCH3 is 1. The smallest absolute Gasteiger partial charge is 0.0700 e. The third-order valence-corrected chi connectivity index (χ3v) is 3.52. The van der Waals surface area contributed by atoms with Crippen LogP contribution < -0.4 is 0 Å². The molecule has 3 nitrogen and oxygen atoms in total. The van der Waals surface area contributed by atoms with E-state index < -0.39 is 0 Å². The molecule has 0 spiro atoms. The summed E-state index contributed by atoms with van der Waals surface area (Å²) in [5, 5.41) is 0.357. The van der Waals surface area contributed by atoms with E-state index in [1.165, 1.54) is 0 Å². The average molecular weight is 236 g/mol. The maximum absolute atomic E-state index is 6.16. The van der Waals surface area contributed by atoms with Crippen LogP contribution in [0.25, 0.3) is 0 Å². The summed E-state index contributed by atoms with van der Waals surface area (Å²) in [6.07, 6.45) is 1.10. The molecule has 0 bridgehead atoms. The summed E-state index contributed by atoms with van der Waals surface area (Å²) in [6.45, 7) is 7.60. The fourth-order valence-electron chi connectivity index (χ4n) is 1.84. The summed E-state index contributed by atoms with van der Waals surface area (Å²) in [4.78, 5) is 2.43. The molecule has 2 atom stereocenters. The van der Waals surface area contributed by atoms with Crippen molar-refractivity contribution >= 4 is 11.6 Å². The number of ether oxygens (including phenoxy) is 2. The lowest BCUT2D eigenvalue weighted by atomic mass is 10.00. The molecule has 0 radical (unpaired) electrons. The number of nitrogens with zero attached hydrogens (tertiary/aromatic N) is 1. The van der Waals surface area contributed by atoms with Crippen molar-refractivity contribution in [3.8, 4) is 0 Å². The molecule has 0 aromatic rings. The lowest BCUT2D eigenvalue weighted by Crippen LogP contribution is -2.41. The molecule has 1 heterocycles. The van der Waals surface area contributed by atoms with Gasteiger partial charge in [0, 0.05) is 25.6 Å². The largest absolute Gasteiger partial charge is 0.382 e. The fourth-order valence-corrected chi connectivity index (χ4v) is 2.02. The van der Waals surface area contributed by atoms with Crippen molar-refractivity contribution in [1.82, 2.24) is 4.90 Å². The zero-order chi connectivity index (χ0) is 11.1. The Kier molecular flexibility index (Phi) is 6.57. The van der Waals surface area contributed by atoms with Gasteiger partial charge in [-0.15, -0.1) is 11.6 Å². The van der Waals surface area contributed by atoms with Gasteiger partial charge in [-0.2, -0.15) is 0 Å². The van der Waals surface area contributed by atoms with Crippen LogP contribution in [0.3, 0.4) is 0 Å². The predicted octanol–water partition coefficient (Wildman–Crippen LogP) is 1.60. The highest BCUT2D eigenvalue weighted by molar-refractivity contribution is 6.20. The molecule has 1 saturated heterocycles. The highest BCUT2D eigenvalue weighted by Gasteiger charge is 2.23. The van der Waals surface area contributed by atoms with E-state index >= 15 is 0 Å². The third-order valence-electron chi connectivity index (χ3n) is 2.87. The van der Waals surface area contributed by atoms with Crippen LogP contribution in [0.5, 0.6) is 0 Å². The van der Waals surface area contributed by atoms with Crippen molar-refractivity contribution in [2.45, 2.75) is 18.7 Å². The second-order valence-corrected chi connectivity index (χ2v) is 4.75. The molecule has 1 aliphatic heterocycles. The van der Waals surface area contributed by atoms with Gasteiger partial charge in [-0.3, -0.25) is 0 Å². The van der Waals surface area contributed by atoms with Gasteiger partial charge in [0.1, 0.15) is 0 Å². The Morgan fingerprint density at radius 1 is 1.33 bits per heavy atom. The maximum Gasteiger partial charge on any atom is 0.0700 e. The number of rotatable bonds is 6. The Labute approximate surface area is 97.7 Å². The van der Waals surface area contributed by atoms with E-state index in [4.69, 9.17) is 21.1 Å². The summed E-state index contributed by atoms with van der Waals surface area (Å²) in [5.41, 5.74) is 0. The molecule has 0 aliphatic carbocycles. The topological polar surface area (TPSA) is 21.7 Å². The van der Waals surface area contributed by atoms with Crippen LogP contribution in [0.2, 0.25) is 0 Å². The highest BCUT2D eigenvalue weighted by atomic mass is 35.5. The van der Waals surface area contributed by atoms with Crippen LogP contribution in [0.4, 0.5) is 0 Å². The Morgan fingerprint density at radius 3 is 2.80 bits per heavy atom. The molecule has 0 N–H and O–H groups in total. The fraction of sp³-hybridized carbons (Fsp3) is 1.00. The minimum absolute atomic E-state index is 0.357. The maximum atomic E-state index is 6.16. The van der Waals surface area contributed by atoms with E-state index in [9.17, 15) is 0 Å². The predicted molar refractivity (Wildman–Crippen MR) is 62.6 cm³/mol. The van der Waals surface area contributed by atoms with Crippen molar-refractivity contribution in [2.75, 3.05) is 46.6 Å².